The van der Waals surface area contributed by atoms with Gasteiger partial charge in [-0.25, -0.2) is 0 Å². The summed E-state index contributed by atoms with van der Waals surface area (Å²) in [5.74, 6) is -1.62. The number of rotatable bonds is 6. The van der Waals surface area contributed by atoms with Crippen molar-refractivity contribution >= 4 is 56.1 Å². The van der Waals surface area contributed by atoms with E-state index in [0.717, 1.165) is 4.47 Å². The van der Waals surface area contributed by atoms with Crippen molar-refractivity contribution < 1.29 is 19.6 Å². The highest BCUT2D eigenvalue weighted by Gasteiger charge is 2.18. The fourth-order valence-corrected chi connectivity index (χ4v) is 3.79. The molecule has 0 atom stereocenters. The number of amides is 2. The number of aryl methyl sites for hydroxylation is 1. The van der Waals surface area contributed by atoms with Crippen LogP contribution in [0.15, 0.2) is 93.2 Å². The maximum absolute atomic E-state index is 13.0. The maximum atomic E-state index is 13.0. The second-order valence-electron chi connectivity index (χ2n) is 7.62. The molecule has 0 radical (unpaired) electrons. The van der Waals surface area contributed by atoms with Crippen LogP contribution in [0.1, 0.15) is 15.9 Å². The Bertz CT molecular complexity index is 1540. The van der Waals surface area contributed by atoms with E-state index in [-0.39, 0.29) is 23.0 Å². The third kappa shape index (κ3) is 5.20. The number of azo groups is 1. The van der Waals surface area contributed by atoms with Gasteiger partial charge in [-0.05, 0) is 54.1 Å². The van der Waals surface area contributed by atoms with Gasteiger partial charge in [0.25, 0.3) is 11.6 Å². The van der Waals surface area contributed by atoms with Crippen LogP contribution in [0.2, 0.25) is 0 Å². The summed E-state index contributed by atoms with van der Waals surface area (Å²) in [5.41, 5.74) is 1.17. The number of carbonyl (C=O) groups is 2. The Hall–Kier alpha value is -4.64. The van der Waals surface area contributed by atoms with E-state index in [9.17, 15) is 24.8 Å². The Kier molecular flexibility index (Phi) is 7.02. The average molecular weight is 548 g/mol. The number of hydrogen-bond acceptors (Lipinski definition) is 6. The van der Waals surface area contributed by atoms with E-state index in [1.807, 2.05) is 0 Å². The molecule has 1 aromatic heterocycles. The highest BCUT2D eigenvalue weighted by atomic mass is 79.9. The molecule has 10 nitrogen and oxygen atoms in total. The minimum atomic E-state index is -0.885. The standard InChI is InChI=1S/C25H18BrN5O5/c1-30-21-12-9-17(26)14-19(21)22(25(30)34)28-29-24(33)20(27-23(32)16-5-3-2-4-6-16)13-15-7-10-18(11-8-15)31(35)36/h2-14,34H,1H3,(H,27,32). The molecule has 0 saturated carbocycles. The first-order chi connectivity index (χ1) is 17.2. The zero-order chi connectivity index (χ0) is 25.8. The van der Waals surface area contributed by atoms with Gasteiger partial charge in [-0.2, -0.15) is 0 Å². The summed E-state index contributed by atoms with van der Waals surface area (Å²) in [4.78, 5) is 36.2. The Morgan fingerprint density at radius 1 is 1.08 bits per heavy atom. The minimum Gasteiger partial charge on any atom is -0.493 e. The number of halogens is 1. The number of carbonyl (C=O) groups excluding carboxylic acids is 2. The molecular weight excluding hydrogens is 530 g/mol. The zero-order valence-electron chi connectivity index (χ0n) is 18.8. The van der Waals surface area contributed by atoms with Crippen LogP contribution in [-0.2, 0) is 11.8 Å². The molecule has 36 heavy (non-hydrogen) atoms. The number of nitrogens with zero attached hydrogens (tertiary/aromatic N) is 4. The normalized spacial score (nSPS) is 11.7. The van der Waals surface area contributed by atoms with E-state index < -0.39 is 16.7 Å². The Morgan fingerprint density at radius 2 is 1.78 bits per heavy atom. The number of non-ortho nitro benzene ring substituents is 1. The van der Waals surface area contributed by atoms with Crippen molar-refractivity contribution in [3.8, 4) is 5.88 Å². The summed E-state index contributed by atoms with van der Waals surface area (Å²) >= 11 is 3.38. The van der Waals surface area contributed by atoms with Gasteiger partial charge in [0.1, 0.15) is 5.70 Å². The molecule has 1 heterocycles. The van der Waals surface area contributed by atoms with Crippen molar-refractivity contribution in [2.24, 2.45) is 17.3 Å². The van der Waals surface area contributed by atoms with Gasteiger partial charge in [-0.3, -0.25) is 19.7 Å². The Labute approximate surface area is 212 Å². The molecule has 0 aliphatic rings. The van der Waals surface area contributed by atoms with Gasteiger partial charge in [0.05, 0.1) is 10.4 Å². The van der Waals surface area contributed by atoms with Crippen LogP contribution >= 0.6 is 15.9 Å². The lowest BCUT2D eigenvalue weighted by atomic mass is 10.1. The average Bonchev–Trinajstić information content (AvgIpc) is 3.11. The van der Waals surface area contributed by atoms with Gasteiger partial charge in [-0.1, -0.05) is 34.1 Å². The van der Waals surface area contributed by atoms with Crippen LogP contribution < -0.4 is 5.32 Å². The van der Waals surface area contributed by atoms with Crippen molar-refractivity contribution in [1.29, 1.82) is 0 Å². The zero-order valence-corrected chi connectivity index (χ0v) is 20.3. The summed E-state index contributed by atoms with van der Waals surface area (Å²) in [6, 6.07) is 19.0. The molecule has 4 aromatic rings. The van der Waals surface area contributed by atoms with Crippen LogP contribution in [0.5, 0.6) is 5.88 Å². The van der Waals surface area contributed by atoms with Gasteiger partial charge in [0, 0.05) is 34.6 Å². The first kappa shape index (κ1) is 24.5. The summed E-state index contributed by atoms with van der Waals surface area (Å²) in [5, 5.41) is 32.3. The van der Waals surface area contributed by atoms with E-state index in [1.54, 1.807) is 55.6 Å². The van der Waals surface area contributed by atoms with Gasteiger partial charge >= 0.3 is 5.91 Å². The van der Waals surface area contributed by atoms with Crippen molar-refractivity contribution in [3.63, 3.8) is 0 Å². The number of aromatic hydroxyl groups is 1. The van der Waals surface area contributed by atoms with Gasteiger partial charge < -0.3 is 15.0 Å². The molecular formula is C25H18BrN5O5. The first-order valence-corrected chi connectivity index (χ1v) is 11.3. The van der Waals surface area contributed by atoms with E-state index in [2.05, 4.69) is 31.5 Å². The summed E-state index contributed by atoms with van der Waals surface area (Å²) < 4.78 is 2.25. The molecule has 180 valence electrons. The quantitative estimate of drug-likeness (QED) is 0.139. The van der Waals surface area contributed by atoms with E-state index in [0.29, 0.717) is 22.0 Å². The predicted molar refractivity (Wildman–Crippen MR) is 137 cm³/mol. The number of aromatic nitrogens is 1. The van der Waals surface area contributed by atoms with Crippen molar-refractivity contribution in [3.05, 3.63) is 104 Å². The van der Waals surface area contributed by atoms with E-state index in [4.69, 9.17) is 0 Å². The SMILES string of the molecule is Cn1c(O)c(N=NC(=O)C(=Cc2ccc([N+](=O)[O-])cc2)NC(=O)c2ccccc2)c2cc(Br)ccc21. The molecule has 0 bridgehead atoms. The van der Waals surface area contributed by atoms with Crippen molar-refractivity contribution in [2.45, 2.75) is 0 Å². The lowest BCUT2D eigenvalue weighted by molar-refractivity contribution is -0.384. The molecule has 4 rings (SSSR count). The van der Waals surface area contributed by atoms with Crippen LogP contribution in [0.25, 0.3) is 17.0 Å². The number of benzene rings is 3. The highest BCUT2D eigenvalue weighted by molar-refractivity contribution is 9.10. The fourth-order valence-electron chi connectivity index (χ4n) is 3.43. The fraction of sp³-hybridized carbons (Fsp3) is 0.0400. The topological polar surface area (TPSA) is 139 Å². The van der Waals surface area contributed by atoms with E-state index in [1.165, 1.54) is 34.9 Å². The number of nitro benzene ring substituents is 1. The lowest BCUT2D eigenvalue weighted by Gasteiger charge is -2.07. The first-order valence-electron chi connectivity index (χ1n) is 10.5. The van der Waals surface area contributed by atoms with Crippen LogP contribution in [-0.4, -0.2) is 26.4 Å². The van der Waals surface area contributed by atoms with Gasteiger partial charge in [0.15, 0.2) is 5.69 Å². The molecule has 11 heteroatoms. The lowest BCUT2D eigenvalue weighted by Crippen LogP contribution is -2.26. The van der Waals surface area contributed by atoms with Gasteiger partial charge in [0.2, 0.25) is 5.88 Å². The second kappa shape index (κ2) is 10.3. The predicted octanol–water partition coefficient (Wildman–Crippen LogP) is 5.64. The second-order valence-corrected chi connectivity index (χ2v) is 8.54. The molecule has 0 aliphatic carbocycles. The largest absolute Gasteiger partial charge is 0.493 e. The summed E-state index contributed by atoms with van der Waals surface area (Å²) in [6.45, 7) is 0. The molecule has 0 spiro atoms. The molecule has 3 aromatic carbocycles. The number of nitrogens with one attached hydrogen (secondary N) is 1. The molecule has 0 fully saturated rings. The number of fused-ring (bicyclic) bond motifs is 1. The Morgan fingerprint density at radius 3 is 2.44 bits per heavy atom. The van der Waals surface area contributed by atoms with Crippen molar-refractivity contribution in [1.82, 2.24) is 9.88 Å². The smallest absolute Gasteiger partial charge is 0.311 e. The van der Waals surface area contributed by atoms with Crippen LogP contribution in [0.3, 0.4) is 0 Å². The molecule has 2 N–H and O–H groups in total. The highest BCUT2D eigenvalue weighted by Crippen LogP contribution is 2.39. The molecule has 2 amide bonds. The molecule has 0 unspecified atom stereocenters. The summed E-state index contributed by atoms with van der Waals surface area (Å²) in [6.07, 6.45) is 1.34. The van der Waals surface area contributed by atoms with Crippen LogP contribution in [0, 0.1) is 10.1 Å². The maximum Gasteiger partial charge on any atom is 0.311 e. The monoisotopic (exact) mass is 547 g/mol. The molecule has 0 saturated heterocycles. The minimum absolute atomic E-state index is 0.0891. The van der Waals surface area contributed by atoms with Crippen molar-refractivity contribution in [2.75, 3.05) is 0 Å². The number of hydrogen-bond donors (Lipinski definition) is 2. The van der Waals surface area contributed by atoms with Gasteiger partial charge in [-0.15, -0.1) is 10.2 Å². The third-order valence-electron chi connectivity index (χ3n) is 5.27. The van der Waals surface area contributed by atoms with E-state index >= 15 is 0 Å². The Balaban J connectivity index is 1.70. The molecule has 0 aliphatic heterocycles. The number of nitro groups is 1. The van der Waals surface area contributed by atoms with Crippen LogP contribution in [0.4, 0.5) is 11.4 Å². The third-order valence-corrected chi connectivity index (χ3v) is 5.77. The summed E-state index contributed by atoms with van der Waals surface area (Å²) in [7, 11) is 1.65.